The SMILES string of the molecule is Cc1ccc(S(=O)(=O)N2CCC(c3cnccn3)CC2)cc1. The molecule has 0 atom stereocenters. The van der Waals surface area contributed by atoms with Crippen LogP contribution in [0.15, 0.2) is 47.8 Å². The summed E-state index contributed by atoms with van der Waals surface area (Å²) in [7, 11) is -3.39. The topological polar surface area (TPSA) is 63.2 Å². The van der Waals surface area contributed by atoms with Crippen molar-refractivity contribution in [1.82, 2.24) is 14.3 Å². The lowest BCUT2D eigenvalue weighted by molar-refractivity contribution is 0.316. The molecular formula is C16H19N3O2S. The first-order valence-electron chi connectivity index (χ1n) is 7.40. The largest absolute Gasteiger partial charge is 0.261 e. The minimum atomic E-state index is -3.39. The third-order valence-corrected chi connectivity index (χ3v) is 6.03. The number of benzene rings is 1. The summed E-state index contributed by atoms with van der Waals surface area (Å²) in [5.41, 5.74) is 2.01. The van der Waals surface area contributed by atoms with Crippen LogP contribution in [0.2, 0.25) is 0 Å². The molecule has 0 saturated carbocycles. The minimum absolute atomic E-state index is 0.290. The van der Waals surface area contributed by atoms with Crippen molar-refractivity contribution in [3.63, 3.8) is 0 Å². The molecule has 0 amide bonds. The summed E-state index contributed by atoms with van der Waals surface area (Å²) in [6.07, 6.45) is 6.67. The van der Waals surface area contributed by atoms with E-state index >= 15 is 0 Å². The van der Waals surface area contributed by atoms with Crippen molar-refractivity contribution >= 4 is 10.0 Å². The molecule has 0 unspecified atom stereocenters. The van der Waals surface area contributed by atoms with Gasteiger partial charge in [0.2, 0.25) is 10.0 Å². The fraction of sp³-hybridized carbons (Fsp3) is 0.375. The highest BCUT2D eigenvalue weighted by Crippen LogP contribution is 2.29. The summed E-state index contributed by atoms with van der Waals surface area (Å²) in [4.78, 5) is 8.79. The Labute approximate surface area is 131 Å². The molecule has 1 aromatic carbocycles. The Morgan fingerprint density at radius 1 is 1.09 bits per heavy atom. The predicted octanol–water partition coefficient (Wildman–Crippen LogP) is 2.35. The minimum Gasteiger partial charge on any atom is -0.261 e. The summed E-state index contributed by atoms with van der Waals surface area (Å²) in [5.74, 6) is 0.290. The summed E-state index contributed by atoms with van der Waals surface area (Å²) >= 11 is 0. The van der Waals surface area contributed by atoms with E-state index in [4.69, 9.17) is 0 Å². The van der Waals surface area contributed by atoms with Crippen LogP contribution in [0.3, 0.4) is 0 Å². The third-order valence-electron chi connectivity index (χ3n) is 4.11. The van der Waals surface area contributed by atoms with Crippen molar-refractivity contribution in [3.8, 4) is 0 Å². The molecule has 1 fully saturated rings. The molecule has 22 heavy (non-hydrogen) atoms. The molecule has 0 spiro atoms. The molecule has 1 aliphatic rings. The molecule has 6 heteroatoms. The predicted molar refractivity (Wildman–Crippen MR) is 83.9 cm³/mol. The molecular weight excluding hydrogens is 298 g/mol. The molecule has 1 aliphatic heterocycles. The van der Waals surface area contributed by atoms with Gasteiger partial charge in [0, 0.05) is 37.6 Å². The first-order valence-corrected chi connectivity index (χ1v) is 8.84. The van der Waals surface area contributed by atoms with E-state index in [1.165, 1.54) is 0 Å². The highest BCUT2D eigenvalue weighted by atomic mass is 32.2. The number of hydrogen-bond acceptors (Lipinski definition) is 4. The number of sulfonamides is 1. The molecule has 0 aliphatic carbocycles. The van der Waals surface area contributed by atoms with Crippen molar-refractivity contribution < 1.29 is 8.42 Å². The zero-order valence-electron chi connectivity index (χ0n) is 12.5. The van der Waals surface area contributed by atoms with Crippen molar-refractivity contribution in [2.75, 3.05) is 13.1 Å². The van der Waals surface area contributed by atoms with Gasteiger partial charge >= 0.3 is 0 Å². The van der Waals surface area contributed by atoms with Gasteiger partial charge in [0.1, 0.15) is 0 Å². The number of aryl methyl sites for hydroxylation is 1. The van der Waals surface area contributed by atoms with E-state index in [1.807, 2.05) is 19.1 Å². The van der Waals surface area contributed by atoms with E-state index in [0.29, 0.717) is 18.0 Å². The second-order valence-corrected chi connectivity index (χ2v) is 7.56. The van der Waals surface area contributed by atoms with Gasteiger partial charge in [-0.1, -0.05) is 17.7 Å². The monoisotopic (exact) mass is 317 g/mol. The van der Waals surface area contributed by atoms with Crippen LogP contribution >= 0.6 is 0 Å². The third kappa shape index (κ3) is 3.03. The van der Waals surface area contributed by atoms with E-state index in [1.54, 1.807) is 35.0 Å². The van der Waals surface area contributed by atoms with Gasteiger partial charge in [0.15, 0.2) is 0 Å². The van der Waals surface area contributed by atoms with Crippen LogP contribution in [0, 0.1) is 6.92 Å². The van der Waals surface area contributed by atoms with E-state index in [2.05, 4.69) is 9.97 Å². The van der Waals surface area contributed by atoms with Crippen LogP contribution in [-0.2, 0) is 10.0 Å². The van der Waals surface area contributed by atoms with Crippen LogP contribution < -0.4 is 0 Å². The summed E-state index contributed by atoms with van der Waals surface area (Å²) in [5, 5.41) is 0. The standard InChI is InChI=1S/C16H19N3O2S/c1-13-2-4-15(5-3-13)22(20,21)19-10-6-14(7-11-19)16-12-17-8-9-18-16/h2-5,8-9,12,14H,6-7,10-11H2,1H3. The lowest BCUT2D eigenvalue weighted by Gasteiger charge is -2.30. The van der Waals surface area contributed by atoms with Gasteiger partial charge in [0.05, 0.1) is 10.6 Å². The number of aromatic nitrogens is 2. The smallest absolute Gasteiger partial charge is 0.243 e. The number of piperidine rings is 1. The fourth-order valence-corrected chi connectivity index (χ4v) is 4.24. The Kier molecular flexibility index (Phi) is 4.22. The quantitative estimate of drug-likeness (QED) is 0.872. The number of nitrogens with zero attached hydrogens (tertiary/aromatic N) is 3. The van der Waals surface area contributed by atoms with E-state index in [-0.39, 0.29) is 5.92 Å². The van der Waals surface area contributed by atoms with Crippen LogP contribution in [-0.4, -0.2) is 35.8 Å². The first-order chi connectivity index (χ1) is 10.6. The van der Waals surface area contributed by atoms with Crippen molar-refractivity contribution in [3.05, 3.63) is 54.1 Å². The number of rotatable bonds is 3. The Morgan fingerprint density at radius 2 is 1.77 bits per heavy atom. The van der Waals surface area contributed by atoms with E-state index in [9.17, 15) is 8.42 Å². The van der Waals surface area contributed by atoms with Gasteiger partial charge in [-0.15, -0.1) is 0 Å². The maximum absolute atomic E-state index is 12.6. The first kappa shape index (κ1) is 15.1. The average molecular weight is 317 g/mol. The molecule has 2 heterocycles. The zero-order valence-corrected chi connectivity index (χ0v) is 13.3. The lowest BCUT2D eigenvalue weighted by Crippen LogP contribution is -2.38. The fourth-order valence-electron chi connectivity index (χ4n) is 2.77. The van der Waals surface area contributed by atoms with Crippen molar-refractivity contribution in [2.24, 2.45) is 0 Å². The van der Waals surface area contributed by atoms with Gasteiger partial charge in [-0.2, -0.15) is 4.31 Å². The molecule has 5 nitrogen and oxygen atoms in total. The maximum Gasteiger partial charge on any atom is 0.243 e. The summed E-state index contributed by atoms with van der Waals surface area (Å²) in [6, 6.07) is 7.03. The van der Waals surface area contributed by atoms with E-state index in [0.717, 1.165) is 24.1 Å². The molecule has 3 rings (SSSR count). The van der Waals surface area contributed by atoms with Crippen LogP contribution in [0.25, 0.3) is 0 Å². The molecule has 2 aromatic rings. The Morgan fingerprint density at radius 3 is 2.36 bits per heavy atom. The van der Waals surface area contributed by atoms with Gasteiger partial charge in [-0.3, -0.25) is 9.97 Å². The van der Waals surface area contributed by atoms with E-state index < -0.39 is 10.0 Å². The highest BCUT2D eigenvalue weighted by Gasteiger charge is 2.30. The molecule has 0 N–H and O–H groups in total. The molecule has 0 radical (unpaired) electrons. The van der Waals surface area contributed by atoms with Crippen LogP contribution in [0.4, 0.5) is 0 Å². The van der Waals surface area contributed by atoms with Crippen molar-refractivity contribution in [1.29, 1.82) is 0 Å². The van der Waals surface area contributed by atoms with Gasteiger partial charge in [0.25, 0.3) is 0 Å². The van der Waals surface area contributed by atoms with Gasteiger partial charge in [-0.05, 0) is 31.9 Å². The second-order valence-electron chi connectivity index (χ2n) is 5.62. The normalized spacial score (nSPS) is 17.5. The highest BCUT2D eigenvalue weighted by molar-refractivity contribution is 7.89. The second kappa shape index (κ2) is 6.14. The average Bonchev–Trinajstić information content (AvgIpc) is 2.56. The number of hydrogen-bond donors (Lipinski definition) is 0. The Bertz CT molecular complexity index is 722. The molecule has 116 valence electrons. The van der Waals surface area contributed by atoms with Gasteiger partial charge < -0.3 is 0 Å². The van der Waals surface area contributed by atoms with Crippen LogP contribution in [0.5, 0.6) is 0 Å². The van der Waals surface area contributed by atoms with Crippen molar-refractivity contribution in [2.45, 2.75) is 30.6 Å². The zero-order chi connectivity index (χ0) is 15.6. The molecule has 0 bridgehead atoms. The Hall–Kier alpha value is -1.79. The Balaban J connectivity index is 1.72. The summed E-state index contributed by atoms with van der Waals surface area (Å²) < 4.78 is 26.9. The van der Waals surface area contributed by atoms with Crippen LogP contribution in [0.1, 0.15) is 30.0 Å². The summed E-state index contributed by atoms with van der Waals surface area (Å²) in [6.45, 7) is 3.00. The van der Waals surface area contributed by atoms with Gasteiger partial charge in [-0.25, -0.2) is 8.42 Å². The molecule has 1 saturated heterocycles. The lowest BCUT2D eigenvalue weighted by atomic mass is 9.95. The maximum atomic E-state index is 12.6. The molecule has 1 aromatic heterocycles.